The van der Waals surface area contributed by atoms with Crippen molar-refractivity contribution in [3.63, 3.8) is 0 Å². The van der Waals surface area contributed by atoms with Gasteiger partial charge in [0.1, 0.15) is 0 Å². The summed E-state index contributed by atoms with van der Waals surface area (Å²) in [6.07, 6.45) is 13.6. The van der Waals surface area contributed by atoms with Gasteiger partial charge in [0, 0.05) is 0 Å². The molecule has 0 radical (unpaired) electrons. The summed E-state index contributed by atoms with van der Waals surface area (Å²) in [5, 5.41) is 0. The lowest BCUT2D eigenvalue weighted by molar-refractivity contribution is 0.0901. The van der Waals surface area contributed by atoms with Crippen LogP contribution in [0.25, 0.3) is 0 Å². The van der Waals surface area contributed by atoms with Crippen molar-refractivity contribution < 1.29 is 0 Å². The van der Waals surface area contributed by atoms with Crippen LogP contribution in [0.3, 0.4) is 0 Å². The maximum absolute atomic E-state index is 2.46. The Labute approximate surface area is 102 Å². The largest absolute Gasteiger partial charge is 0.0654 e. The number of hydrogen-bond acceptors (Lipinski definition) is 0. The van der Waals surface area contributed by atoms with Crippen LogP contribution in [0.1, 0.15) is 78.6 Å². The molecule has 0 spiro atoms. The second kappa shape index (κ2) is 5.10. The number of hydrogen-bond donors (Lipinski definition) is 0. The maximum atomic E-state index is 2.46. The molecule has 0 amide bonds. The first-order valence-corrected chi connectivity index (χ1v) is 7.69. The zero-order chi connectivity index (χ0) is 11.6. The summed E-state index contributed by atoms with van der Waals surface area (Å²) in [6, 6.07) is 0. The van der Waals surface area contributed by atoms with Gasteiger partial charge in [0.15, 0.2) is 0 Å². The minimum absolute atomic E-state index is 0.778. The predicted octanol–water partition coefficient (Wildman–Crippen LogP) is 5.42. The first-order valence-electron chi connectivity index (χ1n) is 7.69. The average Bonchev–Trinajstić information content (AvgIpc) is 2.85. The van der Waals surface area contributed by atoms with Crippen molar-refractivity contribution in [3.05, 3.63) is 0 Å². The first-order chi connectivity index (χ1) is 7.69. The van der Waals surface area contributed by atoms with Crippen LogP contribution in [-0.4, -0.2) is 0 Å². The Morgan fingerprint density at radius 2 is 1.75 bits per heavy atom. The molecule has 2 fully saturated rings. The quantitative estimate of drug-likeness (QED) is 0.596. The molecule has 2 unspecified atom stereocenters. The van der Waals surface area contributed by atoms with E-state index in [1.165, 1.54) is 38.5 Å². The van der Waals surface area contributed by atoms with Crippen molar-refractivity contribution in [1.29, 1.82) is 0 Å². The van der Waals surface area contributed by atoms with Crippen molar-refractivity contribution in [3.8, 4) is 0 Å². The van der Waals surface area contributed by atoms with E-state index in [2.05, 4.69) is 20.8 Å². The Morgan fingerprint density at radius 3 is 2.31 bits per heavy atom. The van der Waals surface area contributed by atoms with Gasteiger partial charge in [-0.2, -0.15) is 0 Å². The van der Waals surface area contributed by atoms with Gasteiger partial charge in [-0.25, -0.2) is 0 Å². The molecule has 0 aliphatic heterocycles. The van der Waals surface area contributed by atoms with E-state index in [-0.39, 0.29) is 0 Å². The fraction of sp³-hybridized carbons (Fsp3) is 1.00. The fourth-order valence-corrected chi connectivity index (χ4v) is 4.93. The van der Waals surface area contributed by atoms with E-state index < -0.39 is 0 Å². The Bertz CT molecular complexity index is 210. The topological polar surface area (TPSA) is 0 Å². The normalized spacial score (nSPS) is 33.8. The van der Waals surface area contributed by atoms with Gasteiger partial charge in [-0.1, -0.05) is 46.5 Å². The highest BCUT2D eigenvalue weighted by molar-refractivity contribution is 4.96. The summed E-state index contributed by atoms with van der Waals surface area (Å²) >= 11 is 0. The average molecular weight is 222 g/mol. The molecule has 94 valence electrons. The molecule has 0 aromatic heterocycles. The van der Waals surface area contributed by atoms with Crippen LogP contribution in [0.2, 0.25) is 0 Å². The lowest BCUT2D eigenvalue weighted by Crippen LogP contribution is -2.32. The molecule has 2 aliphatic rings. The Morgan fingerprint density at radius 1 is 1.06 bits per heavy atom. The third-order valence-corrected chi connectivity index (χ3v) is 5.56. The second-order valence-corrected chi connectivity index (χ2v) is 6.76. The van der Waals surface area contributed by atoms with Gasteiger partial charge < -0.3 is 0 Å². The minimum atomic E-state index is 0.778. The highest BCUT2D eigenvalue weighted by Gasteiger charge is 2.46. The molecule has 2 saturated carbocycles. The summed E-state index contributed by atoms with van der Waals surface area (Å²) in [4.78, 5) is 0. The van der Waals surface area contributed by atoms with E-state index in [4.69, 9.17) is 0 Å². The highest BCUT2D eigenvalue weighted by atomic mass is 14.5. The molecule has 2 aliphatic carbocycles. The first kappa shape index (κ1) is 12.5. The standard InChI is InChI=1S/C16H30/c1-4-10-16(11-5-6-12-16)15-9-7-8-14(15)13(2)3/h13-15H,4-12H2,1-3H3. The van der Waals surface area contributed by atoms with Gasteiger partial charge in [0.25, 0.3) is 0 Å². The van der Waals surface area contributed by atoms with E-state index in [1.807, 2.05) is 0 Å². The van der Waals surface area contributed by atoms with Crippen LogP contribution in [-0.2, 0) is 0 Å². The Kier molecular flexibility index (Phi) is 3.97. The van der Waals surface area contributed by atoms with Gasteiger partial charge in [-0.15, -0.1) is 0 Å². The molecule has 0 saturated heterocycles. The summed E-state index contributed by atoms with van der Waals surface area (Å²) in [7, 11) is 0. The lowest BCUT2D eigenvalue weighted by Gasteiger charge is -2.40. The predicted molar refractivity (Wildman–Crippen MR) is 71.5 cm³/mol. The zero-order valence-corrected chi connectivity index (χ0v) is 11.6. The van der Waals surface area contributed by atoms with Crippen molar-refractivity contribution in [1.82, 2.24) is 0 Å². The van der Waals surface area contributed by atoms with E-state index in [9.17, 15) is 0 Å². The summed E-state index contributed by atoms with van der Waals surface area (Å²) < 4.78 is 0. The van der Waals surface area contributed by atoms with E-state index in [0.717, 1.165) is 23.2 Å². The summed E-state index contributed by atoms with van der Waals surface area (Å²) in [5.74, 6) is 3.04. The van der Waals surface area contributed by atoms with Crippen LogP contribution < -0.4 is 0 Å². The molecule has 0 nitrogen and oxygen atoms in total. The van der Waals surface area contributed by atoms with Gasteiger partial charge in [0.2, 0.25) is 0 Å². The SMILES string of the molecule is CCCC1(C2CCCC2C(C)C)CCCC1. The summed E-state index contributed by atoms with van der Waals surface area (Å²) in [5.41, 5.74) is 0.778. The Hall–Kier alpha value is 0. The molecule has 2 atom stereocenters. The van der Waals surface area contributed by atoms with Crippen molar-refractivity contribution in [2.45, 2.75) is 78.6 Å². The molecule has 0 aromatic carbocycles. The number of rotatable bonds is 4. The molecular formula is C16H30. The maximum Gasteiger partial charge on any atom is -0.0267 e. The van der Waals surface area contributed by atoms with Crippen molar-refractivity contribution in [2.75, 3.05) is 0 Å². The Balaban J connectivity index is 2.12. The molecule has 0 N–H and O–H groups in total. The van der Waals surface area contributed by atoms with Gasteiger partial charge >= 0.3 is 0 Å². The lowest BCUT2D eigenvalue weighted by atomic mass is 9.65. The molecule has 0 heterocycles. The van der Waals surface area contributed by atoms with Crippen LogP contribution in [0.5, 0.6) is 0 Å². The molecule has 0 heteroatoms. The van der Waals surface area contributed by atoms with E-state index >= 15 is 0 Å². The molecule has 0 bridgehead atoms. The third kappa shape index (κ3) is 2.17. The highest BCUT2D eigenvalue weighted by Crippen LogP contribution is 2.56. The van der Waals surface area contributed by atoms with Gasteiger partial charge in [-0.3, -0.25) is 0 Å². The molecule has 0 aromatic rings. The molecular weight excluding hydrogens is 192 g/mol. The minimum Gasteiger partial charge on any atom is -0.0654 e. The van der Waals surface area contributed by atoms with Crippen molar-refractivity contribution in [2.24, 2.45) is 23.2 Å². The van der Waals surface area contributed by atoms with E-state index in [0.29, 0.717) is 0 Å². The van der Waals surface area contributed by atoms with Crippen molar-refractivity contribution >= 4 is 0 Å². The van der Waals surface area contributed by atoms with Crippen LogP contribution in [0.4, 0.5) is 0 Å². The van der Waals surface area contributed by atoms with Crippen LogP contribution >= 0.6 is 0 Å². The zero-order valence-electron chi connectivity index (χ0n) is 11.6. The fourth-order valence-electron chi connectivity index (χ4n) is 4.93. The smallest absolute Gasteiger partial charge is 0.0267 e. The van der Waals surface area contributed by atoms with Crippen LogP contribution in [0, 0.1) is 23.2 Å². The second-order valence-electron chi connectivity index (χ2n) is 6.76. The monoisotopic (exact) mass is 222 g/mol. The molecule has 2 rings (SSSR count). The van der Waals surface area contributed by atoms with E-state index in [1.54, 1.807) is 19.3 Å². The van der Waals surface area contributed by atoms with Gasteiger partial charge in [0.05, 0.1) is 0 Å². The third-order valence-electron chi connectivity index (χ3n) is 5.56. The summed E-state index contributed by atoms with van der Waals surface area (Å²) in [6.45, 7) is 7.30. The molecule has 16 heavy (non-hydrogen) atoms. The van der Waals surface area contributed by atoms with Crippen LogP contribution in [0.15, 0.2) is 0 Å². The van der Waals surface area contributed by atoms with Gasteiger partial charge in [-0.05, 0) is 55.3 Å².